The molecule has 0 atom stereocenters. The number of benzene rings is 1. The number of furan rings is 1. The fraction of sp³-hybridized carbons (Fsp3) is 0.320. The number of hydrogen-bond donors (Lipinski definition) is 1. The summed E-state index contributed by atoms with van der Waals surface area (Å²) in [6.07, 6.45) is 7.24. The van der Waals surface area contributed by atoms with Gasteiger partial charge in [-0.3, -0.25) is 4.68 Å². The van der Waals surface area contributed by atoms with E-state index in [0.29, 0.717) is 35.4 Å². The van der Waals surface area contributed by atoms with Crippen LogP contribution in [0.5, 0.6) is 17.2 Å². The molecule has 0 amide bonds. The second kappa shape index (κ2) is 10.3. The van der Waals surface area contributed by atoms with Crippen LogP contribution in [0.4, 0.5) is 5.82 Å². The van der Waals surface area contributed by atoms with Gasteiger partial charge in [-0.2, -0.15) is 5.10 Å². The maximum Gasteiger partial charge on any atom is 0.203 e. The molecule has 0 saturated carbocycles. The Morgan fingerprint density at radius 2 is 1.82 bits per heavy atom. The summed E-state index contributed by atoms with van der Waals surface area (Å²) in [5.74, 6) is 3.78. The molecule has 9 nitrogen and oxygen atoms in total. The summed E-state index contributed by atoms with van der Waals surface area (Å²) in [5.41, 5.74) is 3.51. The molecular weight excluding hydrogens is 434 g/mol. The molecule has 0 saturated heterocycles. The molecule has 4 aromatic rings. The minimum absolute atomic E-state index is 0.503. The highest BCUT2D eigenvalue weighted by Gasteiger charge is 2.17. The van der Waals surface area contributed by atoms with Crippen molar-refractivity contribution in [2.75, 3.05) is 26.6 Å². The largest absolute Gasteiger partial charge is 0.493 e. The fourth-order valence-electron chi connectivity index (χ4n) is 3.81. The van der Waals surface area contributed by atoms with Gasteiger partial charge in [0.1, 0.15) is 16.8 Å². The number of aromatic nitrogens is 4. The highest BCUT2D eigenvalue weighted by Crippen LogP contribution is 2.38. The Balaban J connectivity index is 1.74. The Bertz CT molecular complexity index is 1270. The quantitative estimate of drug-likeness (QED) is 0.361. The van der Waals surface area contributed by atoms with Gasteiger partial charge >= 0.3 is 0 Å². The SMILES string of the molecule is CCCc1nn(C)c2c(NCc3ccco3)nc(C=Cc3cc(OC)c(OC)c(OC)c3)nc12. The summed E-state index contributed by atoms with van der Waals surface area (Å²) in [6.45, 7) is 2.63. The third-order valence-corrected chi connectivity index (χ3v) is 5.38. The smallest absolute Gasteiger partial charge is 0.203 e. The van der Waals surface area contributed by atoms with Crippen LogP contribution in [-0.2, 0) is 20.0 Å². The van der Waals surface area contributed by atoms with E-state index in [2.05, 4.69) is 17.3 Å². The highest BCUT2D eigenvalue weighted by molar-refractivity contribution is 5.89. The van der Waals surface area contributed by atoms with Crippen molar-refractivity contribution >= 4 is 29.0 Å². The number of fused-ring (bicyclic) bond motifs is 1. The Kier molecular flexibility index (Phi) is 7.01. The molecule has 4 rings (SSSR count). The number of rotatable bonds is 10. The molecular formula is C25H29N5O4. The second-order valence-corrected chi connectivity index (χ2v) is 7.67. The summed E-state index contributed by atoms with van der Waals surface area (Å²) in [5, 5.41) is 8.07. The van der Waals surface area contributed by atoms with Crippen LogP contribution in [0.15, 0.2) is 34.9 Å². The zero-order valence-electron chi connectivity index (χ0n) is 20.1. The number of anilines is 1. The molecule has 34 heavy (non-hydrogen) atoms. The number of aryl methyl sites for hydroxylation is 2. The van der Waals surface area contributed by atoms with E-state index in [-0.39, 0.29) is 0 Å². The third-order valence-electron chi connectivity index (χ3n) is 5.38. The molecule has 9 heteroatoms. The summed E-state index contributed by atoms with van der Waals surface area (Å²) in [7, 11) is 6.68. The molecule has 0 radical (unpaired) electrons. The summed E-state index contributed by atoms with van der Waals surface area (Å²) in [6, 6.07) is 7.53. The molecule has 3 aromatic heterocycles. The number of hydrogen-bond acceptors (Lipinski definition) is 8. The minimum Gasteiger partial charge on any atom is -0.493 e. The van der Waals surface area contributed by atoms with Crippen LogP contribution in [0.25, 0.3) is 23.2 Å². The van der Waals surface area contributed by atoms with E-state index in [1.165, 1.54) is 0 Å². The van der Waals surface area contributed by atoms with Gasteiger partial charge in [0.15, 0.2) is 23.1 Å². The van der Waals surface area contributed by atoms with Gasteiger partial charge in [0, 0.05) is 7.05 Å². The van der Waals surface area contributed by atoms with Gasteiger partial charge in [-0.15, -0.1) is 0 Å². The van der Waals surface area contributed by atoms with E-state index in [4.69, 9.17) is 28.6 Å². The Labute approximate surface area is 198 Å². The zero-order valence-corrected chi connectivity index (χ0v) is 20.1. The molecule has 1 aromatic carbocycles. The number of nitrogens with one attached hydrogen (secondary N) is 1. The lowest BCUT2D eigenvalue weighted by Crippen LogP contribution is -2.05. The van der Waals surface area contributed by atoms with Crippen molar-refractivity contribution in [2.45, 2.75) is 26.3 Å². The molecule has 0 aliphatic rings. The second-order valence-electron chi connectivity index (χ2n) is 7.67. The van der Waals surface area contributed by atoms with Gasteiger partial charge in [-0.1, -0.05) is 19.4 Å². The fourth-order valence-corrected chi connectivity index (χ4v) is 3.81. The van der Waals surface area contributed by atoms with Gasteiger partial charge in [0.2, 0.25) is 5.75 Å². The standard InChI is InChI=1S/C25H29N5O4/c1-6-8-18-22-23(30(2)29-18)25(26-15-17-9-7-12-34-17)28-21(27-22)11-10-16-13-19(31-3)24(33-5)20(14-16)32-4/h7,9-14H,6,8,15H2,1-5H3,(H,26,27,28). The van der Waals surface area contributed by atoms with Gasteiger partial charge in [0.05, 0.1) is 39.8 Å². The summed E-state index contributed by atoms with van der Waals surface area (Å²) >= 11 is 0. The Morgan fingerprint density at radius 3 is 2.44 bits per heavy atom. The highest BCUT2D eigenvalue weighted by atomic mass is 16.5. The Hall–Kier alpha value is -4.01. The van der Waals surface area contributed by atoms with E-state index in [1.54, 1.807) is 27.6 Å². The molecule has 0 spiro atoms. The van der Waals surface area contributed by atoms with Crippen LogP contribution in [-0.4, -0.2) is 41.1 Å². The topological polar surface area (TPSA) is 96.5 Å². The molecule has 0 unspecified atom stereocenters. The van der Waals surface area contributed by atoms with Crippen LogP contribution in [0.1, 0.15) is 36.2 Å². The average Bonchev–Trinajstić information content (AvgIpc) is 3.48. The lowest BCUT2D eigenvalue weighted by Gasteiger charge is -2.12. The predicted molar refractivity (Wildman–Crippen MR) is 131 cm³/mol. The van der Waals surface area contributed by atoms with Gasteiger partial charge in [-0.05, 0) is 42.3 Å². The number of ether oxygens (including phenoxy) is 3. The molecule has 0 aliphatic carbocycles. The first-order valence-electron chi connectivity index (χ1n) is 11.1. The van der Waals surface area contributed by atoms with Crippen LogP contribution in [0, 0.1) is 0 Å². The van der Waals surface area contributed by atoms with Crippen molar-refractivity contribution in [3.8, 4) is 17.2 Å². The number of nitrogens with zero attached hydrogens (tertiary/aromatic N) is 4. The molecule has 0 aliphatic heterocycles. The van der Waals surface area contributed by atoms with E-state index in [9.17, 15) is 0 Å². The zero-order chi connectivity index (χ0) is 24.1. The van der Waals surface area contributed by atoms with Crippen LogP contribution >= 0.6 is 0 Å². The van der Waals surface area contributed by atoms with Gasteiger partial charge in [-0.25, -0.2) is 9.97 Å². The summed E-state index contributed by atoms with van der Waals surface area (Å²) < 4.78 is 23.6. The van der Waals surface area contributed by atoms with Crippen molar-refractivity contribution in [3.63, 3.8) is 0 Å². The van der Waals surface area contributed by atoms with Crippen molar-refractivity contribution in [3.05, 3.63) is 53.4 Å². The maximum atomic E-state index is 5.46. The first-order valence-corrected chi connectivity index (χ1v) is 11.1. The molecule has 3 heterocycles. The van der Waals surface area contributed by atoms with E-state index in [1.807, 2.05) is 48.1 Å². The van der Waals surface area contributed by atoms with E-state index in [0.717, 1.165) is 40.9 Å². The van der Waals surface area contributed by atoms with Gasteiger partial charge in [0.25, 0.3) is 0 Å². The van der Waals surface area contributed by atoms with E-state index >= 15 is 0 Å². The normalized spacial score (nSPS) is 11.3. The van der Waals surface area contributed by atoms with Crippen molar-refractivity contribution in [1.29, 1.82) is 0 Å². The van der Waals surface area contributed by atoms with Crippen LogP contribution < -0.4 is 19.5 Å². The first kappa shape index (κ1) is 23.2. The minimum atomic E-state index is 0.503. The molecule has 0 fully saturated rings. The Morgan fingerprint density at radius 1 is 1.06 bits per heavy atom. The lowest BCUT2D eigenvalue weighted by atomic mass is 10.1. The first-order chi connectivity index (χ1) is 16.6. The van der Waals surface area contributed by atoms with Crippen molar-refractivity contribution in [1.82, 2.24) is 19.7 Å². The average molecular weight is 464 g/mol. The molecule has 1 N–H and O–H groups in total. The van der Waals surface area contributed by atoms with E-state index < -0.39 is 0 Å². The molecule has 0 bridgehead atoms. The molecule has 178 valence electrons. The lowest BCUT2D eigenvalue weighted by molar-refractivity contribution is 0.324. The summed E-state index contributed by atoms with van der Waals surface area (Å²) in [4.78, 5) is 9.59. The maximum absolute atomic E-state index is 5.46. The predicted octanol–water partition coefficient (Wildman–Crippen LogP) is 4.72. The van der Waals surface area contributed by atoms with Crippen LogP contribution in [0.3, 0.4) is 0 Å². The van der Waals surface area contributed by atoms with Crippen molar-refractivity contribution in [2.24, 2.45) is 7.05 Å². The van der Waals surface area contributed by atoms with Gasteiger partial charge < -0.3 is 23.9 Å². The van der Waals surface area contributed by atoms with Crippen LogP contribution in [0.2, 0.25) is 0 Å². The monoisotopic (exact) mass is 463 g/mol. The van der Waals surface area contributed by atoms with Crippen molar-refractivity contribution < 1.29 is 18.6 Å². The third kappa shape index (κ3) is 4.68. The number of methoxy groups -OCH3 is 3.